The zero-order chi connectivity index (χ0) is 20.8. The normalized spacial score (nSPS) is 13.2. The molecule has 0 radical (unpaired) electrons. The number of ether oxygens (including phenoxy) is 2. The Kier molecular flexibility index (Phi) is 6.67. The van der Waals surface area contributed by atoms with Crippen molar-refractivity contribution in [2.45, 2.75) is 32.4 Å². The molecule has 30 heavy (non-hydrogen) atoms. The molecular formula is C24H27N2O3S+. The van der Waals surface area contributed by atoms with Gasteiger partial charge in [-0.3, -0.25) is 4.79 Å². The van der Waals surface area contributed by atoms with Crippen LogP contribution >= 0.6 is 11.3 Å². The van der Waals surface area contributed by atoms with E-state index in [1.165, 1.54) is 16.0 Å². The quantitative estimate of drug-likeness (QED) is 0.554. The van der Waals surface area contributed by atoms with E-state index < -0.39 is 0 Å². The number of benzene rings is 2. The highest BCUT2D eigenvalue weighted by molar-refractivity contribution is 7.10. The molecule has 0 saturated carbocycles. The summed E-state index contributed by atoms with van der Waals surface area (Å²) in [5.41, 5.74) is 3.57. The van der Waals surface area contributed by atoms with Crippen molar-refractivity contribution in [1.29, 1.82) is 0 Å². The number of carbonyl (C=O) groups is 1. The standard InChI is InChI=1S/C24H26N2O3S/c1-2-4-17-6-9-19(10-7-17)24(22-5-3-12-30-22)26-15-23(27)25-14-18-8-11-20-21(13-18)29-16-28-20/h3,5-13,24,26H,2,4,14-16H2,1H3,(H,25,27)/p+1/t24-/m1/s1. The SMILES string of the molecule is CCCc1ccc([C@@H]([NH2+]CC(=O)NCc2ccc3c(c2)OCO3)c2cccs2)cc1. The lowest BCUT2D eigenvalue weighted by Gasteiger charge is -2.15. The summed E-state index contributed by atoms with van der Waals surface area (Å²) in [6, 6.07) is 18.8. The summed E-state index contributed by atoms with van der Waals surface area (Å²) in [6.07, 6.45) is 2.24. The average molecular weight is 424 g/mol. The molecule has 1 aliphatic rings. The smallest absolute Gasteiger partial charge is 0.275 e. The maximum Gasteiger partial charge on any atom is 0.275 e. The number of nitrogens with two attached hydrogens (primary N) is 1. The minimum Gasteiger partial charge on any atom is -0.454 e. The van der Waals surface area contributed by atoms with E-state index in [4.69, 9.17) is 9.47 Å². The van der Waals surface area contributed by atoms with Crippen LogP contribution in [0.5, 0.6) is 11.5 Å². The molecule has 3 N–H and O–H groups in total. The van der Waals surface area contributed by atoms with Crippen molar-refractivity contribution < 1.29 is 19.6 Å². The summed E-state index contributed by atoms with van der Waals surface area (Å²) < 4.78 is 10.7. The number of thiophene rings is 1. The monoisotopic (exact) mass is 423 g/mol. The topological polar surface area (TPSA) is 64.2 Å². The number of fused-ring (bicyclic) bond motifs is 1. The van der Waals surface area contributed by atoms with E-state index in [9.17, 15) is 4.79 Å². The molecule has 156 valence electrons. The Balaban J connectivity index is 1.35. The third kappa shape index (κ3) is 5.01. The number of hydrogen-bond donors (Lipinski definition) is 2. The third-order valence-electron chi connectivity index (χ3n) is 5.19. The van der Waals surface area contributed by atoms with E-state index in [0.717, 1.165) is 29.9 Å². The summed E-state index contributed by atoms with van der Waals surface area (Å²) >= 11 is 1.72. The van der Waals surface area contributed by atoms with Gasteiger partial charge < -0.3 is 20.1 Å². The fourth-order valence-corrected chi connectivity index (χ4v) is 4.46. The summed E-state index contributed by atoms with van der Waals surface area (Å²) in [4.78, 5) is 13.8. The van der Waals surface area contributed by atoms with Crippen LogP contribution in [0.2, 0.25) is 0 Å². The highest BCUT2D eigenvalue weighted by Crippen LogP contribution is 2.32. The number of quaternary nitrogens is 1. The van der Waals surface area contributed by atoms with Crippen molar-refractivity contribution in [1.82, 2.24) is 5.32 Å². The van der Waals surface area contributed by atoms with E-state index in [-0.39, 0.29) is 18.7 Å². The molecule has 1 aliphatic heterocycles. The summed E-state index contributed by atoms with van der Waals surface area (Å²) in [5.74, 6) is 1.50. The van der Waals surface area contributed by atoms with Crippen LogP contribution < -0.4 is 20.1 Å². The molecule has 2 heterocycles. The highest BCUT2D eigenvalue weighted by atomic mass is 32.1. The van der Waals surface area contributed by atoms with Gasteiger partial charge in [-0.05, 0) is 41.1 Å². The Morgan fingerprint density at radius 1 is 1.10 bits per heavy atom. The van der Waals surface area contributed by atoms with Crippen molar-refractivity contribution in [3.8, 4) is 11.5 Å². The minimum absolute atomic E-state index is 0.0110. The Hall–Kier alpha value is -2.83. The van der Waals surface area contributed by atoms with E-state index in [0.29, 0.717) is 13.1 Å². The van der Waals surface area contributed by atoms with Crippen LogP contribution in [-0.4, -0.2) is 19.2 Å². The average Bonchev–Trinajstić information content (AvgIpc) is 3.45. The second kappa shape index (κ2) is 9.78. The Bertz CT molecular complexity index is 971. The summed E-state index contributed by atoms with van der Waals surface area (Å²) in [6.45, 7) is 3.28. The molecule has 5 nitrogen and oxygen atoms in total. The molecule has 0 saturated heterocycles. The van der Waals surface area contributed by atoms with Crippen LogP contribution in [0.4, 0.5) is 0 Å². The molecule has 1 aromatic heterocycles. The molecule has 0 aliphatic carbocycles. The number of rotatable bonds is 9. The fraction of sp³-hybridized carbons (Fsp3) is 0.292. The van der Waals surface area contributed by atoms with Gasteiger partial charge in [0.15, 0.2) is 18.0 Å². The van der Waals surface area contributed by atoms with Crippen LogP contribution in [0.3, 0.4) is 0 Å². The zero-order valence-electron chi connectivity index (χ0n) is 17.1. The number of hydrogen-bond acceptors (Lipinski definition) is 4. The van der Waals surface area contributed by atoms with Gasteiger partial charge in [0.1, 0.15) is 6.04 Å². The van der Waals surface area contributed by atoms with E-state index in [2.05, 4.69) is 59.3 Å². The van der Waals surface area contributed by atoms with Crippen molar-refractivity contribution in [2.24, 2.45) is 0 Å². The number of carbonyl (C=O) groups excluding carboxylic acids is 1. The minimum atomic E-state index is 0.0110. The molecule has 2 aromatic carbocycles. The van der Waals surface area contributed by atoms with Crippen LogP contribution in [0, 0.1) is 0 Å². The van der Waals surface area contributed by atoms with Gasteiger partial charge >= 0.3 is 0 Å². The first-order chi connectivity index (χ1) is 14.7. The third-order valence-corrected chi connectivity index (χ3v) is 6.15. The van der Waals surface area contributed by atoms with Gasteiger partial charge in [0, 0.05) is 12.1 Å². The van der Waals surface area contributed by atoms with Crippen molar-refractivity contribution in [2.75, 3.05) is 13.3 Å². The number of amides is 1. The van der Waals surface area contributed by atoms with Gasteiger partial charge in [-0.25, -0.2) is 0 Å². The highest BCUT2D eigenvalue weighted by Gasteiger charge is 2.20. The number of nitrogens with one attached hydrogen (secondary N) is 1. The van der Waals surface area contributed by atoms with Gasteiger partial charge in [0.05, 0.1) is 4.88 Å². The molecule has 4 rings (SSSR count). The van der Waals surface area contributed by atoms with Crippen LogP contribution in [0.25, 0.3) is 0 Å². The molecule has 0 spiro atoms. The first-order valence-electron chi connectivity index (χ1n) is 10.3. The molecule has 6 heteroatoms. The number of aryl methyl sites for hydroxylation is 1. The van der Waals surface area contributed by atoms with Crippen molar-refractivity contribution >= 4 is 17.2 Å². The molecule has 0 bridgehead atoms. The maximum absolute atomic E-state index is 12.5. The predicted octanol–water partition coefficient (Wildman–Crippen LogP) is 3.40. The van der Waals surface area contributed by atoms with Crippen molar-refractivity contribution in [3.63, 3.8) is 0 Å². The fourth-order valence-electron chi connectivity index (χ4n) is 3.61. The largest absolute Gasteiger partial charge is 0.454 e. The van der Waals surface area contributed by atoms with Gasteiger partial charge in [-0.2, -0.15) is 0 Å². The summed E-state index contributed by atoms with van der Waals surface area (Å²) in [5, 5.41) is 7.20. The lowest BCUT2D eigenvalue weighted by atomic mass is 10.0. The lowest BCUT2D eigenvalue weighted by molar-refractivity contribution is -0.676. The second-order valence-corrected chi connectivity index (χ2v) is 8.37. The first-order valence-corrected chi connectivity index (χ1v) is 11.2. The molecule has 3 aromatic rings. The molecule has 0 fully saturated rings. The van der Waals surface area contributed by atoms with E-state index >= 15 is 0 Å². The van der Waals surface area contributed by atoms with Gasteiger partial charge in [0.2, 0.25) is 6.79 Å². The lowest BCUT2D eigenvalue weighted by Crippen LogP contribution is -2.87. The molecule has 1 amide bonds. The van der Waals surface area contributed by atoms with Gasteiger partial charge in [0.25, 0.3) is 5.91 Å². The van der Waals surface area contributed by atoms with Crippen LogP contribution in [0.1, 0.15) is 41.0 Å². The second-order valence-electron chi connectivity index (χ2n) is 7.39. The Morgan fingerprint density at radius 2 is 1.90 bits per heavy atom. The van der Waals surface area contributed by atoms with Crippen LogP contribution in [0.15, 0.2) is 60.0 Å². The van der Waals surface area contributed by atoms with E-state index in [1.54, 1.807) is 11.3 Å². The molecule has 0 unspecified atom stereocenters. The summed E-state index contributed by atoms with van der Waals surface area (Å²) in [7, 11) is 0. The Labute approximate surface area is 181 Å². The maximum atomic E-state index is 12.5. The van der Waals surface area contributed by atoms with Gasteiger partial charge in [-0.1, -0.05) is 49.7 Å². The molecular weight excluding hydrogens is 396 g/mol. The predicted molar refractivity (Wildman–Crippen MR) is 118 cm³/mol. The van der Waals surface area contributed by atoms with Crippen molar-refractivity contribution in [3.05, 3.63) is 81.5 Å². The zero-order valence-corrected chi connectivity index (χ0v) is 17.9. The molecule has 1 atom stereocenters. The van der Waals surface area contributed by atoms with Crippen LogP contribution in [-0.2, 0) is 17.8 Å². The van der Waals surface area contributed by atoms with Gasteiger partial charge in [-0.15, -0.1) is 11.3 Å². The Morgan fingerprint density at radius 3 is 2.67 bits per heavy atom. The first kappa shape index (κ1) is 20.4. The van der Waals surface area contributed by atoms with E-state index in [1.807, 2.05) is 18.2 Å².